The molecule has 2 rings (SSSR count). The van der Waals surface area contributed by atoms with Gasteiger partial charge in [0.05, 0.1) is 12.7 Å². The van der Waals surface area contributed by atoms with Crippen LogP contribution in [0.25, 0.3) is 0 Å². The summed E-state index contributed by atoms with van der Waals surface area (Å²) in [5.74, 6) is 0.482. The second-order valence-corrected chi connectivity index (χ2v) is 5.34. The fourth-order valence-electron chi connectivity index (χ4n) is 2.23. The first-order chi connectivity index (χ1) is 11.9. The van der Waals surface area contributed by atoms with Crippen molar-refractivity contribution in [3.8, 4) is 5.75 Å². The zero-order valence-corrected chi connectivity index (χ0v) is 13.7. The smallest absolute Gasteiger partial charge is 0.418 e. The molecule has 0 atom stereocenters. The average molecular weight is 352 g/mol. The van der Waals surface area contributed by atoms with Crippen molar-refractivity contribution in [2.75, 3.05) is 19.0 Å². The summed E-state index contributed by atoms with van der Waals surface area (Å²) in [7, 11) is 1.57. The van der Waals surface area contributed by atoms with Crippen molar-refractivity contribution in [2.24, 2.45) is 0 Å². The fourth-order valence-corrected chi connectivity index (χ4v) is 2.23. The highest BCUT2D eigenvalue weighted by Crippen LogP contribution is 2.34. The van der Waals surface area contributed by atoms with Gasteiger partial charge in [0.2, 0.25) is 5.91 Å². The molecular weight excluding hydrogens is 333 g/mol. The molecule has 0 aliphatic carbocycles. The number of hydrogen-bond acceptors (Lipinski definition) is 3. The molecule has 4 nitrogen and oxygen atoms in total. The van der Waals surface area contributed by atoms with E-state index in [1.54, 1.807) is 19.2 Å². The zero-order valence-electron chi connectivity index (χ0n) is 13.7. The third-order valence-corrected chi connectivity index (χ3v) is 3.55. The number of anilines is 1. The molecule has 0 fully saturated rings. The molecule has 0 heterocycles. The number of alkyl halides is 3. The van der Waals surface area contributed by atoms with Crippen molar-refractivity contribution in [2.45, 2.75) is 19.1 Å². The molecule has 2 aromatic carbocycles. The van der Waals surface area contributed by atoms with Gasteiger partial charge in [0.15, 0.2) is 0 Å². The van der Waals surface area contributed by atoms with Crippen molar-refractivity contribution >= 4 is 11.6 Å². The number of benzene rings is 2. The van der Waals surface area contributed by atoms with Crippen LogP contribution in [0.2, 0.25) is 0 Å². The number of carbonyl (C=O) groups excluding carboxylic acids is 1. The number of para-hydroxylation sites is 1. The minimum atomic E-state index is -4.43. The summed E-state index contributed by atoms with van der Waals surface area (Å²) in [5, 5.41) is 5.39. The minimum Gasteiger partial charge on any atom is -0.497 e. The molecule has 134 valence electrons. The van der Waals surface area contributed by atoms with Crippen LogP contribution in [0.4, 0.5) is 18.9 Å². The molecule has 0 saturated carbocycles. The Morgan fingerprint density at radius 1 is 1.08 bits per heavy atom. The van der Waals surface area contributed by atoms with Crippen molar-refractivity contribution in [1.82, 2.24) is 5.32 Å². The van der Waals surface area contributed by atoms with Gasteiger partial charge in [0, 0.05) is 25.2 Å². The lowest BCUT2D eigenvalue weighted by Crippen LogP contribution is -2.25. The van der Waals surface area contributed by atoms with Crippen molar-refractivity contribution in [3.05, 3.63) is 59.7 Å². The summed E-state index contributed by atoms with van der Waals surface area (Å²) < 4.78 is 43.7. The highest BCUT2D eigenvalue weighted by molar-refractivity contribution is 5.76. The van der Waals surface area contributed by atoms with E-state index in [0.29, 0.717) is 6.54 Å². The van der Waals surface area contributed by atoms with Crippen LogP contribution >= 0.6 is 0 Å². The molecule has 0 aliphatic rings. The van der Waals surface area contributed by atoms with Crippen LogP contribution in [0.1, 0.15) is 17.5 Å². The van der Waals surface area contributed by atoms with E-state index in [0.717, 1.165) is 17.4 Å². The number of ether oxygens (including phenoxy) is 1. The number of nitrogens with one attached hydrogen (secondary N) is 2. The van der Waals surface area contributed by atoms with E-state index < -0.39 is 11.7 Å². The molecule has 7 heteroatoms. The second kappa shape index (κ2) is 8.41. The van der Waals surface area contributed by atoms with Crippen molar-refractivity contribution in [3.63, 3.8) is 0 Å². The second-order valence-electron chi connectivity index (χ2n) is 5.34. The number of rotatable bonds is 7. The summed E-state index contributed by atoms with van der Waals surface area (Å²) in [6.07, 6.45) is -4.36. The topological polar surface area (TPSA) is 50.4 Å². The van der Waals surface area contributed by atoms with Gasteiger partial charge in [0.1, 0.15) is 5.75 Å². The number of carbonyl (C=O) groups is 1. The average Bonchev–Trinajstić information content (AvgIpc) is 2.60. The van der Waals surface area contributed by atoms with Gasteiger partial charge in [-0.1, -0.05) is 24.3 Å². The van der Waals surface area contributed by atoms with Gasteiger partial charge < -0.3 is 15.4 Å². The molecule has 0 spiro atoms. The summed E-state index contributed by atoms with van der Waals surface area (Å²) in [6, 6.07) is 12.4. The zero-order chi connectivity index (χ0) is 18.3. The Bertz CT molecular complexity index is 700. The number of hydrogen-bond donors (Lipinski definition) is 2. The molecule has 0 aromatic heterocycles. The first-order valence-electron chi connectivity index (χ1n) is 7.70. The van der Waals surface area contributed by atoms with Crippen LogP contribution in [0.5, 0.6) is 5.75 Å². The first kappa shape index (κ1) is 18.6. The minimum absolute atomic E-state index is 0.0297. The summed E-state index contributed by atoms with van der Waals surface area (Å²) >= 11 is 0. The lowest BCUT2D eigenvalue weighted by molar-refractivity contribution is -0.137. The van der Waals surface area contributed by atoms with Gasteiger partial charge >= 0.3 is 6.18 Å². The van der Waals surface area contributed by atoms with Crippen molar-refractivity contribution in [1.29, 1.82) is 0 Å². The highest BCUT2D eigenvalue weighted by Gasteiger charge is 2.32. The van der Waals surface area contributed by atoms with E-state index in [1.165, 1.54) is 18.2 Å². The number of methoxy groups -OCH3 is 1. The summed E-state index contributed by atoms with van der Waals surface area (Å²) in [5.41, 5.74) is 0.135. The maximum Gasteiger partial charge on any atom is 0.418 e. The first-order valence-corrected chi connectivity index (χ1v) is 7.70. The molecule has 0 unspecified atom stereocenters. The van der Waals surface area contributed by atoms with Crippen LogP contribution in [0.3, 0.4) is 0 Å². The van der Waals surface area contributed by atoms with Crippen LogP contribution in [0.15, 0.2) is 48.5 Å². The molecule has 2 N–H and O–H groups in total. The Labute approximate surface area is 144 Å². The van der Waals surface area contributed by atoms with E-state index in [9.17, 15) is 18.0 Å². The molecule has 1 amide bonds. The normalized spacial score (nSPS) is 11.0. The third-order valence-electron chi connectivity index (χ3n) is 3.55. The maximum atomic E-state index is 12.9. The molecule has 25 heavy (non-hydrogen) atoms. The lowest BCUT2D eigenvalue weighted by Gasteiger charge is -2.14. The van der Waals surface area contributed by atoms with Crippen LogP contribution in [0, 0.1) is 0 Å². The number of halogens is 3. The van der Waals surface area contributed by atoms with Crippen LogP contribution in [-0.4, -0.2) is 19.6 Å². The predicted octanol–water partition coefficient (Wildman–Crippen LogP) is 3.83. The molecule has 0 bridgehead atoms. The van der Waals surface area contributed by atoms with E-state index in [2.05, 4.69) is 10.6 Å². The van der Waals surface area contributed by atoms with Gasteiger partial charge in [0.25, 0.3) is 0 Å². The maximum absolute atomic E-state index is 12.9. The van der Waals surface area contributed by atoms with Gasteiger partial charge in [-0.3, -0.25) is 4.79 Å². The summed E-state index contributed by atoms with van der Waals surface area (Å²) in [6.45, 7) is 0.462. The molecular formula is C18H19F3N2O2. The molecule has 0 aliphatic heterocycles. The number of amides is 1. The van der Waals surface area contributed by atoms with Crippen molar-refractivity contribution < 1.29 is 22.7 Å². The largest absolute Gasteiger partial charge is 0.497 e. The van der Waals surface area contributed by atoms with Gasteiger partial charge in [-0.25, -0.2) is 0 Å². The standard InChI is InChI=1S/C18H19F3N2O2/c1-25-14-8-6-13(7-9-14)12-23-17(24)10-11-22-16-5-3-2-4-15(16)18(19,20)21/h2-9,22H,10-12H2,1H3,(H,23,24). The van der Waals surface area contributed by atoms with E-state index >= 15 is 0 Å². The van der Waals surface area contributed by atoms with E-state index in [4.69, 9.17) is 4.74 Å². The quantitative estimate of drug-likeness (QED) is 0.796. The lowest BCUT2D eigenvalue weighted by atomic mass is 10.1. The van der Waals surface area contributed by atoms with Crippen LogP contribution in [-0.2, 0) is 17.5 Å². The molecule has 2 aromatic rings. The van der Waals surface area contributed by atoms with Crippen LogP contribution < -0.4 is 15.4 Å². The van der Waals surface area contributed by atoms with Gasteiger partial charge in [-0.15, -0.1) is 0 Å². The Balaban J connectivity index is 1.79. The molecule has 0 saturated heterocycles. The Kier molecular flexibility index (Phi) is 6.27. The predicted molar refractivity (Wildman–Crippen MR) is 89.4 cm³/mol. The van der Waals surface area contributed by atoms with E-state index in [1.807, 2.05) is 12.1 Å². The van der Waals surface area contributed by atoms with Gasteiger partial charge in [-0.05, 0) is 29.8 Å². The SMILES string of the molecule is COc1ccc(CNC(=O)CCNc2ccccc2C(F)(F)F)cc1. The Morgan fingerprint density at radius 2 is 1.76 bits per heavy atom. The Morgan fingerprint density at radius 3 is 2.40 bits per heavy atom. The molecule has 0 radical (unpaired) electrons. The summed E-state index contributed by atoms with van der Waals surface area (Å²) in [4.78, 5) is 11.8. The highest BCUT2D eigenvalue weighted by atomic mass is 19.4. The monoisotopic (exact) mass is 352 g/mol. The third kappa shape index (κ3) is 5.70. The van der Waals surface area contributed by atoms with Gasteiger partial charge in [-0.2, -0.15) is 13.2 Å². The van der Waals surface area contributed by atoms with E-state index in [-0.39, 0.29) is 24.6 Å². The Hall–Kier alpha value is -2.70. The fraction of sp³-hybridized carbons (Fsp3) is 0.278.